The van der Waals surface area contributed by atoms with Crippen LogP contribution in [0.15, 0.2) is 12.1 Å². The quantitative estimate of drug-likeness (QED) is 0.894. The number of nitrogens with one attached hydrogen (secondary N) is 1. The van der Waals surface area contributed by atoms with Crippen LogP contribution in [0.5, 0.6) is 0 Å². The highest BCUT2D eigenvalue weighted by atomic mass is 35.5. The topological polar surface area (TPSA) is 55.1 Å². The van der Waals surface area contributed by atoms with E-state index in [0.717, 1.165) is 36.4 Å². The lowest BCUT2D eigenvalue weighted by Gasteiger charge is -2.26. The lowest BCUT2D eigenvalue weighted by atomic mass is 9.92. The molecule has 0 bridgehead atoms. The van der Waals surface area contributed by atoms with Gasteiger partial charge in [0.15, 0.2) is 0 Å². The van der Waals surface area contributed by atoms with Crippen LogP contribution in [0.25, 0.3) is 0 Å². The molecule has 0 atom stereocenters. The standard InChI is InChI=1S/C13H19ClN2OS.ClH/c14-12-7-5-11(18-12)6-8-13(17)16-10-3-1-9(15)2-4-10;/h5,7,9-10H,1-4,6,8,15H2,(H,16,17);1H. The van der Waals surface area contributed by atoms with Crippen LogP contribution in [0.2, 0.25) is 4.34 Å². The maximum atomic E-state index is 11.8. The summed E-state index contributed by atoms with van der Waals surface area (Å²) < 4.78 is 0.784. The van der Waals surface area contributed by atoms with Crippen molar-refractivity contribution in [1.82, 2.24) is 5.32 Å². The van der Waals surface area contributed by atoms with E-state index < -0.39 is 0 Å². The van der Waals surface area contributed by atoms with Gasteiger partial charge in [0.1, 0.15) is 0 Å². The van der Waals surface area contributed by atoms with Crippen LogP contribution in [0.4, 0.5) is 0 Å². The Bertz CT molecular complexity index is 403. The maximum Gasteiger partial charge on any atom is 0.220 e. The van der Waals surface area contributed by atoms with Gasteiger partial charge >= 0.3 is 0 Å². The van der Waals surface area contributed by atoms with Crippen molar-refractivity contribution in [3.63, 3.8) is 0 Å². The molecule has 3 N–H and O–H groups in total. The summed E-state index contributed by atoms with van der Waals surface area (Å²) in [7, 11) is 0. The molecule has 1 amide bonds. The van der Waals surface area contributed by atoms with Crippen LogP contribution in [0, 0.1) is 0 Å². The van der Waals surface area contributed by atoms with E-state index in [1.807, 2.05) is 12.1 Å². The van der Waals surface area contributed by atoms with Gasteiger partial charge in [-0.3, -0.25) is 4.79 Å². The summed E-state index contributed by atoms with van der Waals surface area (Å²) in [6, 6.07) is 4.51. The van der Waals surface area contributed by atoms with E-state index in [9.17, 15) is 4.79 Å². The van der Waals surface area contributed by atoms with E-state index in [1.54, 1.807) is 11.3 Å². The Kier molecular flexibility index (Phi) is 7.15. The summed E-state index contributed by atoms with van der Waals surface area (Å²) in [4.78, 5) is 13.0. The number of amides is 1. The monoisotopic (exact) mass is 322 g/mol. The Balaban J connectivity index is 0.00000180. The molecule has 1 aliphatic rings. The highest BCUT2D eigenvalue weighted by Gasteiger charge is 2.19. The highest BCUT2D eigenvalue weighted by molar-refractivity contribution is 7.16. The fourth-order valence-corrected chi connectivity index (χ4v) is 3.37. The number of thiophene rings is 1. The zero-order valence-electron chi connectivity index (χ0n) is 10.7. The Labute approximate surface area is 129 Å². The summed E-state index contributed by atoms with van der Waals surface area (Å²) in [6.07, 6.45) is 5.38. The zero-order chi connectivity index (χ0) is 13.0. The number of nitrogens with two attached hydrogens (primary N) is 1. The van der Waals surface area contributed by atoms with Gasteiger partial charge < -0.3 is 11.1 Å². The maximum absolute atomic E-state index is 11.8. The average Bonchev–Trinajstić information content (AvgIpc) is 2.76. The van der Waals surface area contributed by atoms with Crippen LogP contribution in [-0.2, 0) is 11.2 Å². The molecule has 1 fully saturated rings. The van der Waals surface area contributed by atoms with Gasteiger partial charge in [0, 0.05) is 23.4 Å². The molecule has 0 aromatic carbocycles. The van der Waals surface area contributed by atoms with Gasteiger partial charge in [-0.2, -0.15) is 0 Å². The zero-order valence-corrected chi connectivity index (χ0v) is 13.1. The van der Waals surface area contributed by atoms with Crippen molar-refractivity contribution in [3.8, 4) is 0 Å². The van der Waals surface area contributed by atoms with E-state index in [-0.39, 0.29) is 18.3 Å². The van der Waals surface area contributed by atoms with Crippen molar-refractivity contribution in [2.45, 2.75) is 50.6 Å². The minimum absolute atomic E-state index is 0. The Morgan fingerprint density at radius 3 is 2.63 bits per heavy atom. The third-order valence-corrected chi connectivity index (χ3v) is 4.66. The van der Waals surface area contributed by atoms with Gasteiger partial charge in [-0.05, 0) is 44.2 Å². The van der Waals surface area contributed by atoms with Crippen molar-refractivity contribution in [1.29, 1.82) is 0 Å². The molecule has 6 heteroatoms. The molecule has 0 aliphatic heterocycles. The summed E-state index contributed by atoms with van der Waals surface area (Å²) >= 11 is 7.40. The lowest BCUT2D eigenvalue weighted by molar-refractivity contribution is -0.122. The van der Waals surface area contributed by atoms with E-state index >= 15 is 0 Å². The molecule has 0 spiro atoms. The first-order chi connectivity index (χ1) is 8.63. The van der Waals surface area contributed by atoms with E-state index in [4.69, 9.17) is 17.3 Å². The molecule has 1 aromatic rings. The molecule has 1 aromatic heterocycles. The van der Waals surface area contributed by atoms with Crippen molar-refractivity contribution in [2.75, 3.05) is 0 Å². The van der Waals surface area contributed by atoms with E-state index in [1.165, 1.54) is 4.88 Å². The minimum atomic E-state index is 0. The number of hydrogen-bond acceptors (Lipinski definition) is 3. The summed E-state index contributed by atoms with van der Waals surface area (Å²) in [5, 5.41) is 3.09. The molecule has 0 saturated heterocycles. The fraction of sp³-hybridized carbons (Fsp3) is 0.615. The number of aryl methyl sites for hydroxylation is 1. The second-order valence-corrected chi connectivity index (χ2v) is 6.68. The lowest BCUT2D eigenvalue weighted by Crippen LogP contribution is -2.40. The third-order valence-electron chi connectivity index (χ3n) is 3.36. The Morgan fingerprint density at radius 1 is 1.37 bits per heavy atom. The number of hydrogen-bond donors (Lipinski definition) is 2. The normalized spacial score (nSPS) is 22.6. The molecule has 1 saturated carbocycles. The number of carbonyl (C=O) groups is 1. The first-order valence-electron chi connectivity index (χ1n) is 6.42. The smallest absolute Gasteiger partial charge is 0.220 e. The molecule has 0 radical (unpaired) electrons. The molecule has 3 nitrogen and oxygen atoms in total. The molecule has 19 heavy (non-hydrogen) atoms. The first kappa shape index (κ1) is 16.8. The van der Waals surface area contributed by atoms with Crippen LogP contribution < -0.4 is 11.1 Å². The molecular formula is C13H20Cl2N2OS. The average molecular weight is 323 g/mol. The van der Waals surface area contributed by atoms with Crippen molar-refractivity contribution in [2.24, 2.45) is 5.73 Å². The number of rotatable bonds is 4. The third kappa shape index (κ3) is 5.69. The second kappa shape index (κ2) is 8.10. The fourth-order valence-electron chi connectivity index (χ4n) is 2.29. The molecule has 1 aliphatic carbocycles. The molecule has 1 heterocycles. The van der Waals surface area contributed by atoms with Crippen LogP contribution in [-0.4, -0.2) is 18.0 Å². The molecule has 108 valence electrons. The van der Waals surface area contributed by atoms with Crippen LogP contribution >= 0.6 is 35.3 Å². The largest absolute Gasteiger partial charge is 0.353 e. The van der Waals surface area contributed by atoms with Gasteiger partial charge in [-0.1, -0.05) is 11.6 Å². The van der Waals surface area contributed by atoms with Gasteiger partial charge in [0.05, 0.1) is 4.34 Å². The van der Waals surface area contributed by atoms with Gasteiger partial charge in [0.25, 0.3) is 0 Å². The van der Waals surface area contributed by atoms with Crippen molar-refractivity contribution < 1.29 is 4.79 Å². The first-order valence-corrected chi connectivity index (χ1v) is 7.62. The number of carbonyl (C=O) groups excluding carboxylic acids is 1. The van der Waals surface area contributed by atoms with Gasteiger partial charge in [0.2, 0.25) is 5.91 Å². The number of halogens is 2. The summed E-state index contributed by atoms with van der Waals surface area (Å²) in [5.41, 5.74) is 5.84. The summed E-state index contributed by atoms with van der Waals surface area (Å²) in [5.74, 6) is 0.139. The summed E-state index contributed by atoms with van der Waals surface area (Å²) in [6.45, 7) is 0. The van der Waals surface area contributed by atoms with Crippen molar-refractivity contribution in [3.05, 3.63) is 21.3 Å². The predicted molar refractivity (Wildman–Crippen MR) is 83.3 cm³/mol. The van der Waals surface area contributed by atoms with Crippen LogP contribution in [0.3, 0.4) is 0 Å². The van der Waals surface area contributed by atoms with Gasteiger partial charge in [-0.15, -0.1) is 23.7 Å². The predicted octanol–water partition coefficient (Wildman–Crippen LogP) is 3.14. The molecule has 0 unspecified atom stereocenters. The Hall–Kier alpha value is -0.290. The Morgan fingerprint density at radius 2 is 2.05 bits per heavy atom. The van der Waals surface area contributed by atoms with Crippen LogP contribution in [0.1, 0.15) is 37.0 Å². The SMILES string of the molecule is Cl.NC1CCC(NC(=O)CCc2ccc(Cl)s2)CC1. The van der Waals surface area contributed by atoms with Gasteiger partial charge in [-0.25, -0.2) is 0 Å². The highest BCUT2D eigenvalue weighted by Crippen LogP contribution is 2.22. The van der Waals surface area contributed by atoms with E-state index in [2.05, 4.69) is 5.32 Å². The van der Waals surface area contributed by atoms with Crippen molar-refractivity contribution >= 4 is 41.3 Å². The minimum Gasteiger partial charge on any atom is -0.353 e. The second-order valence-electron chi connectivity index (χ2n) is 4.89. The van der Waals surface area contributed by atoms with E-state index in [0.29, 0.717) is 18.5 Å². The molecule has 2 rings (SSSR count). The molecular weight excluding hydrogens is 303 g/mol.